The van der Waals surface area contributed by atoms with Gasteiger partial charge in [-0.1, -0.05) is 4.98 Å². The van der Waals surface area contributed by atoms with Crippen LogP contribution in [0, 0.1) is 0 Å². The number of phosphoric acid groups is 5. The minimum absolute atomic E-state index is 0.00403. The summed E-state index contributed by atoms with van der Waals surface area (Å²) in [4.78, 5) is 107. The van der Waals surface area contributed by atoms with Gasteiger partial charge in [0.2, 0.25) is 17.7 Å². The largest absolute Gasteiger partial charge is 0.490 e. The van der Waals surface area contributed by atoms with Crippen molar-refractivity contribution in [1.29, 1.82) is 0 Å². The van der Waals surface area contributed by atoms with Crippen LogP contribution in [0.3, 0.4) is 0 Å². The molecule has 81 heavy (non-hydrogen) atoms. The third kappa shape index (κ3) is 12.6. The SMILES string of the molecule is CNc1ncnc2c1ncn2[C@@H]1O[C@H](COP(=O)(O)OP(=O)(O)OP(=O)(O)OP(=O)(O)OC[C@H]2O[C@@H]([n+]3cn(C)c4c(=O)[nH]c(N)nc43)C(O)[C@H]2OC)C(OP(=O)(O)OC[C@H]2O[C@@H](n3cnc4c(=O)[nH]c(N)nc43)[C@@H](O)C2O)[C@@H]1OC. The number of methoxy groups -OCH3 is 2. The van der Waals surface area contributed by atoms with E-state index in [1.807, 2.05) is 0 Å². The van der Waals surface area contributed by atoms with Gasteiger partial charge in [0.15, 0.2) is 41.4 Å². The van der Waals surface area contributed by atoms with Gasteiger partial charge in [-0.25, -0.2) is 47.3 Å². The molecule has 47 heteroatoms. The van der Waals surface area contributed by atoms with Crippen molar-refractivity contribution in [1.82, 2.24) is 53.6 Å². The molecule has 0 spiro atoms. The van der Waals surface area contributed by atoms with Gasteiger partial charge in [-0.05, 0) is 0 Å². The van der Waals surface area contributed by atoms with E-state index in [9.17, 15) is 72.2 Å². The standard InChI is InChI=1S/C34H48N15O27P5/c1-37-24-15-25(39-8-38-24)47(9-40-15)32-23(66-4)22(73-77(55,56)67-5-12-18(50)19(51)30(70-12)48-10-41-16-26(48)42-33(35)44-28(16)53)14(72-32)7-69-79(59,60)75-81(63,64)76-80(61,62)74-78(57,58)68-6-13-21(65-3)20(52)31(71-13)49-11-46(2)17-27(49)43-34(36)45-29(17)54/h8-14,18-23,30-32,50-52H,5-7H2,1-4H3,(H11-,35,36,37,38,39,42,43,44,45,53,54,55,56,57,58,59,60,61,62,63,64)/p+1/t12-,13-,14-,18?,19+,20?,21+,22?,23+,30-,31-,32-/m1/s1. The second kappa shape index (κ2) is 22.9. The van der Waals surface area contributed by atoms with Gasteiger partial charge in [0.1, 0.15) is 66.8 Å². The maximum absolute atomic E-state index is 13.7. The van der Waals surface area contributed by atoms with Crippen LogP contribution in [0.4, 0.5) is 17.7 Å². The van der Waals surface area contributed by atoms with Gasteiger partial charge in [-0.3, -0.25) is 51.4 Å². The second-order valence-electron chi connectivity index (χ2n) is 17.4. The quantitative estimate of drug-likeness (QED) is 0.0219. The average molecular weight is 1250 g/mol. The first-order valence-corrected chi connectivity index (χ1v) is 30.2. The number of aromatic nitrogens is 12. The number of fused-ring (bicyclic) bond motifs is 3. The molecule has 3 aliphatic heterocycles. The Labute approximate surface area is 449 Å². The first-order chi connectivity index (χ1) is 37.9. The van der Waals surface area contributed by atoms with Gasteiger partial charge in [-0.15, -0.1) is 0 Å². The zero-order valence-corrected chi connectivity index (χ0v) is 46.0. The zero-order chi connectivity index (χ0) is 58.9. The first kappa shape index (κ1) is 60.6. The Morgan fingerprint density at radius 3 is 1.83 bits per heavy atom. The molecule has 9 rings (SSSR count). The van der Waals surface area contributed by atoms with E-state index in [0.29, 0.717) is 0 Å². The summed E-state index contributed by atoms with van der Waals surface area (Å²) in [5.41, 5.74) is 9.72. The van der Waals surface area contributed by atoms with Gasteiger partial charge in [-0.2, -0.15) is 17.9 Å². The highest BCUT2D eigenvalue weighted by Crippen LogP contribution is 2.71. The van der Waals surface area contributed by atoms with E-state index in [0.717, 1.165) is 31.4 Å². The highest BCUT2D eigenvalue weighted by molar-refractivity contribution is 7.69. The van der Waals surface area contributed by atoms with Crippen LogP contribution in [0.1, 0.15) is 18.7 Å². The number of imidazole rings is 3. The Hall–Kier alpha value is -5.00. The molecule has 0 radical (unpaired) electrons. The molecular formula is C34H49N15O27P5+. The van der Waals surface area contributed by atoms with E-state index in [4.69, 9.17) is 53.2 Å². The van der Waals surface area contributed by atoms with Gasteiger partial charge < -0.3 is 80.3 Å². The van der Waals surface area contributed by atoms with E-state index in [1.54, 1.807) is 0 Å². The van der Waals surface area contributed by atoms with Gasteiger partial charge >= 0.3 is 44.8 Å². The summed E-state index contributed by atoms with van der Waals surface area (Å²) in [7, 11) is -25.1. The number of aliphatic hydroxyl groups is 3. The average Bonchev–Trinajstić information content (AvgIpc) is 4.32. The van der Waals surface area contributed by atoms with Crippen molar-refractivity contribution in [2.24, 2.45) is 7.05 Å². The van der Waals surface area contributed by atoms with Gasteiger partial charge in [0, 0.05) is 21.3 Å². The molecule has 0 bridgehead atoms. The third-order valence-electron chi connectivity index (χ3n) is 12.2. The van der Waals surface area contributed by atoms with Gasteiger partial charge in [0.05, 0.1) is 39.5 Å². The highest BCUT2D eigenvalue weighted by atomic mass is 31.3. The fourth-order valence-electron chi connectivity index (χ4n) is 8.88. The maximum Gasteiger partial charge on any atom is 0.490 e. The molecular weight excluding hydrogens is 1210 g/mol. The van der Waals surface area contributed by atoms with Crippen molar-refractivity contribution in [3.8, 4) is 0 Å². The molecule has 0 aromatic carbocycles. The number of rotatable bonds is 23. The zero-order valence-electron chi connectivity index (χ0n) is 41.6. The summed E-state index contributed by atoms with van der Waals surface area (Å²) >= 11 is 0. The minimum Gasteiger partial charge on any atom is -0.387 e. The molecule has 42 nitrogen and oxygen atoms in total. The number of hydrogen-bond donors (Lipinski definition) is 13. The number of anilines is 3. The first-order valence-electron chi connectivity index (χ1n) is 22.7. The number of nitrogens with two attached hydrogens (primary N) is 2. The van der Waals surface area contributed by atoms with Crippen LogP contribution >= 0.6 is 39.1 Å². The van der Waals surface area contributed by atoms with E-state index in [2.05, 4.69) is 58.1 Å². The maximum atomic E-state index is 13.7. The lowest BCUT2D eigenvalue weighted by Gasteiger charge is -2.26. The molecule has 15 N–H and O–H groups in total. The topological polar surface area (TPSA) is 584 Å². The highest BCUT2D eigenvalue weighted by Gasteiger charge is 2.54. The molecule has 3 fully saturated rings. The van der Waals surface area contributed by atoms with Crippen LogP contribution in [-0.2, 0) is 84.6 Å². The summed E-state index contributed by atoms with van der Waals surface area (Å²) < 4.78 is 131. The Morgan fingerprint density at radius 1 is 0.654 bits per heavy atom. The lowest BCUT2D eigenvalue weighted by molar-refractivity contribution is -0.745. The van der Waals surface area contributed by atoms with E-state index < -0.39 is 144 Å². The number of phosphoric ester groups is 3. The van der Waals surface area contributed by atoms with Crippen molar-refractivity contribution < 1.29 is 122 Å². The molecule has 17 atom stereocenters. The van der Waals surface area contributed by atoms with E-state index >= 15 is 0 Å². The fraction of sp³-hybridized carbons (Fsp3) is 0.559. The van der Waals surface area contributed by atoms with Crippen molar-refractivity contribution >= 4 is 90.3 Å². The van der Waals surface area contributed by atoms with Crippen LogP contribution in [0.25, 0.3) is 33.5 Å². The Bertz CT molecular complexity index is 3710. The smallest absolute Gasteiger partial charge is 0.387 e. The molecule has 9 heterocycles. The number of nitrogens with one attached hydrogen (secondary N) is 3. The number of ether oxygens (including phenoxy) is 5. The minimum atomic E-state index is -6.43. The molecule has 8 unspecified atom stereocenters. The van der Waals surface area contributed by atoms with Crippen LogP contribution in [0.2, 0.25) is 0 Å². The summed E-state index contributed by atoms with van der Waals surface area (Å²) in [6.07, 6.45) is -14.9. The van der Waals surface area contributed by atoms with Gasteiger partial charge in [0.25, 0.3) is 17.1 Å². The van der Waals surface area contributed by atoms with Crippen molar-refractivity contribution in [2.45, 2.75) is 73.6 Å². The van der Waals surface area contributed by atoms with E-state index in [-0.39, 0.29) is 51.2 Å². The number of H-pyrrole nitrogens is 2. The monoisotopic (exact) mass is 1250 g/mol. The summed E-state index contributed by atoms with van der Waals surface area (Å²) in [5, 5.41) is 35.6. The lowest BCUT2D eigenvalue weighted by Crippen LogP contribution is -2.46. The molecule has 3 saturated heterocycles. The van der Waals surface area contributed by atoms with Crippen molar-refractivity contribution in [3.05, 3.63) is 46.0 Å². The Kier molecular flexibility index (Phi) is 17.1. The van der Waals surface area contributed by atoms with Crippen molar-refractivity contribution in [2.75, 3.05) is 57.9 Å². The number of aryl methyl sites for hydroxylation is 1. The summed E-state index contributed by atoms with van der Waals surface area (Å²) in [6.45, 7) is -3.41. The van der Waals surface area contributed by atoms with Crippen LogP contribution in [0.5, 0.6) is 0 Å². The van der Waals surface area contributed by atoms with E-state index in [1.165, 1.54) is 40.5 Å². The Morgan fingerprint density at radius 2 is 1.20 bits per heavy atom. The summed E-state index contributed by atoms with van der Waals surface area (Å²) in [6, 6.07) is 0. The molecule has 0 saturated carbocycles. The van der Waals surface area contributed by atoms with Crippen LogP contribution in [0.15, 0.2) is 34.9 Å². The number of aromatic amines is 2. The normalized spacial score (nSPS) is 29.9. The second-order valence-corrected chi connectivity index (χ2v) is 25.1. The molecule has 6 aromatic rings. The fourth-order valence-corrected chi connectivity index (χ4v) is 14.8. The molecule has 0 aliphatic carbocycles. The predicted octanol–water partition coefficient (Wildman–Crippen LogP) is -3.48. The third-order valence-corrected chi connectivity index (χ3v) is 19.1. The van der Waals surface area contributed by atoms with Crippen LogP contribution < -0.4 is 32.5 Å². The van der Waals surface area contributed by atoms with Crippen LogP contribution in [-0.4, -0.2) is 189 Å². The number of nitrogens with zero attached hydrogens (tertiary/aromatic N) is 10. The molecule has 6 aromatic heterocycles. The number of nitrogen functional groups attached to an aromatic ring is 2. The Balaban J connectivity index is 0.856. The molecule has 3 aliphatic rings. The lowest BCUT2D eigenvalue weighted by atomic mass is 10.1. The van der Waals surface area contributed by atoms with Crippen molar-refractivity contribution in [3.63, 3.8) is 0 Å². The number of aliphatic hydroxyl groups excluding tert-OH is 3. The molecule has 0 amide bonds. The summed E-state index contributed by atoms with van der Waals surface area (Å²) in [5.74, 6) is -0.400. The number of hydrogen-bond acceptors (Lipinski definition) is 31. The predicted molar refractivity (Wildman–Crippen MR) is 260 cm³/mol. The molecule has 446 valence electrons.